The van der Waals surface area contributed by atoms with Crippen LogP contribution in [0.25, 0.3) is 0 Å². The van der Waals surface area contributed by atoms with Crippen molar-refractivity contribution in [2.75, 3.05) is 18.0 Å². The van der Waals surface area contributed by atoms with Gasteiger partial charge in [0.1, 0.15) is 0 Å². The van der Waals surface area contributed by atoms with E-state index >= 15 is 0 Å². The molecule has 0 radical (unpaired) electrons. The van der Waals surface area contributed by atoms with Crippen LogP contribution in [0.1, 0.15) is 19.3 Å². The zero-order valence-electron chi connectivity index (χ0n) is 6.73. The van der Waals surface area contributed by atoms with E-state index in [0.717, 1.165) is 24.8 Å². The van der Waals surface area contributed by atoms with Crippen LogP contribution < -0.4 is 4.90 Å². The van der Waals surface area contributed by atoms with Crippen molar-refractivity contribution < 1.29 is 5.11 Å². The molecule has 0 spiro atoms. The van der Waals surface area contributed by atoms with Crippen LogP contribution in [0.5, 0.6) is 5.88 Å². The Bertz CT molecular complexity index is 257. The van der Waals surface area contributed by atoms with Gasteiger partial charge in [-0.25, -0.2) is 0 Å². The number of aromatic nitrogens is 2. The van der Waals surface area contributed by atoms with E-state index < -0.39 is 0 Å². The first-order valence-electron chi connectivity index (χ1n) is 4.14. The predicted octanol–water partition coefficient (Wildman–Crippen LogP) is 1.23. The number of rotatable bonds is 1. The Hall–Kier alpha value is -0.840. The highest BCUT2D eigenvalue weighted by Crippen LogP contribution is 2.26. The molecule has 0 bridgehead atoms. The molecule has 1 N–H and O–H groups in total. The molecule has 1 saturated heterocycles. The van der Waals surface area contributed by atoms with Crippen molar-refractivity contribution in [2.45, 2.75) is 19.3 Å². The third-order valence-corrected chi connectivity index (χ3v) is 2.62. The van der Waals surface area contributed by atoms with Gasteiger partial charge in [0.2, 0.25) is 5.82 Å². The van der Waals surface area contributed by atoms with Gasteiger partial charge in [0.05, 0.1) is 11.7 Å². The molecule has 0 aromatic carbocycles. The van der Waals surface area contributed by atoms with E-state index in [2.05, 4.69) is 13.6 Å². The maximum absolute atomic E-state index is 9.30. The molecular weight excluding hydrogens is 174 g/mol. The van der Waals surface area contributed by atoms with E-state index in [-0.39, 0.29) is 5.88 Å². The van der Waals surface area contributed by atoms with Crippen LogP contribution in [-0.4, -0.2) is 26.9 Å². The second-order valence-corrected chi connectivity index (χ2v) is 3.49. The number of nitrogens with zero attached hydrogens (tertiary/aromatic N) is 3. The number of piperidine rings is 1. The van der Waals surface area contributed by atoms with Gasteiger partial charge in [-0.2, -0.15) is 4.37 Å². The Morgan fingerprint density at radius 2 is 1.92 bits per heavy atom. The normalized spacial score (nSPS) is 18.2. The first-order valence-corrected chi connectivity index (χ1v) is 4.87. The lowest BCUT2D eigenvalue weighted by Crippen LogP contribution is -2.29. The zero-order valence-corrected chi connectivity index (χ0v) is 7.55. The highest BCUT2D eigenvalue weighted by molar-refractivity contribution is 6.99. The standard InChI is InChI=1S/C7H11N3OS/c11-7-6(8-12-9-7)10-4-2-1-3-5-10/h1-5H2,(H,9,11). The Kier molecular flexibility index (Phi) is 2.12. The van der Waals surface area contributed by atoms with Gasteiger partial charge in [-0.1, -0.05) is 0 Å². The molecule has 1 aliphatic heterocycles. The van der Waals surface area contributed by atoms with E-state index in [1.165, 1.54) is 19.3 Å². The second-order valence-electron chi connectivity index (χ2n) is 2.96. The van der Waals surface area contributed by atoms with Crippen LogP contribution in [0.4, 0.5) is 5.82 Å². The molecule has 66 valence electrons. The summed E-state index contributed by atoms with van der Waals surface area (Å²) in [6.07, 6.45) is 3.67. The fourth-order valence-corrected chi connectivity index (χ4v) is 1.96. The minimum absolute atomic E-state index is 0.0851. The first kappa shape index (κ1) is 7.79. The third-order valence-electron chi connectivity index (χ3n) is 2.11. The van der Waals surface area contributed by atoms with Crippen molar-refractivity contribution in [1.82, 2.24) is 8.75 Å². The zero-order chi connectivity index (χ0) is 8.39. The molecular formula is C7H11N3OS. The SMILES string of the molecule is Oc1nsnc1N1CCCCC1. The molecule has 12 heavy (non-hydrogen) atoms. The lowest BCUT2D eigenvalue weighted by molar-refractivity contribution is 0.453. The third kappa shape index (κ3) is 1.36. The summed E-state index contributed by atoms with van der Waals surface area (Å²) in [6, 6.07) is 0. The van der Waals surface area contributed by atoms with E-state index in [1.807, 2.05) is 0 Å². The maximum atomic E-state index is 9.30. The van der Waals surface area contributed by atoms with E-state index in [4.69, 9.17) is 0 Å². The van der Waals surface area contributed by atoms with Crippen molar-refractivity contribution in [1.29, 1.82) is 0 Å². The fraction of sp³-hybridized carbons (Fsp3) is 0.714. The minimum Gasteiger partial charge on any atom is -0.490 e. The number of hydrogen-bond donors (Lipinski definition) is 1. The quantitative estimate of drug-likeness (QED) is 0.715. The smallest absolute Gasteiger partial charge is 0.268 e. The van der Waals surface area contributed by atoms with Gasteiger partial charge >= 0.3 is 0 Å². The van der Waals surface area contributed by atoms with E-state index in [1.54, 1.807) is 0 Å². The second kappa shape index (κ2) is 3.26. The number of hydrogen-bond acceptors (Lipinski definition) is 5. The van der Waals surface area contributed by atoms with Crippen LogP contribution in [0.15, 0.2) is 0 Å². The molecule has 2 rings (SSSR count). The molecule has 0 atom stereocenters. The van der Waals surface area contributed by atoms with Crippen molar-refractivity contribution >= 4 is 17.5 Å². The molecule has 2 heterocycles. The first-order chi connectivity index (χ1) is 5.88. The van der Waals surface area contributed by atoms with Gasteiger partial charge in [0.15, 0.2) is 0 Å². The minimum atomic E-state index is 0.0851. The van der Waals surface area contributed by atoms with Crippen LogP contribution in [0.3, 0.4) is 0 Å². The average Bonchev–Trinajstić information content (AvgIpc) is 2.53. The van der Waals surface area contributed by atoms with E-state index in [9.17, 15) is 5.11 Å². The average molecular weight is 185 g/mol. The van der Waals surface area contributed by atoms with Crippen molar-refractivity contribution in [3.8, 4) is 5.88 Å². The maximum Gasteiger partial charge on any atom is 0.268 e. The molecule has 0 saturated carbocycles. The van der Waals surface area contributed by atoms with Crippen molar-refractivity contribution in [3.05, 3.63) is 0 Å². The topological polar surface area (TPSA) is 49.3 Å². The fourth-order valence-electron chi connectivity index (χ4n) is 1.48. The molecule has 1 aromatic heterocycles. The van der Waals surface area contributed by atoms with Gasteiger partial charge in [-0.05, 0) is 19.3 Å². The highest BCUT2D eigenvalue weighted by Gasteiger charge is 2.17. The van der Waals surface area contributed by atoms with Crippen LogP contribution in [0.2, 0.25) is 0 Å². The van der Waals surface area contributed by atoms with Gasteiger partial charge in [0.25, 0.3) is 5.88 Å². The van der Waals surface area contributed by atoms with Gasteiger partial charge in [-0.15, -0.1) is 4.37 Å². The van der Waals surface area contributed by atoms with Crippen molar-refractivity contribution in [2.24, 2.45) is 0 Å². The monoisotopic (exact) mass is 185 g/mol. The Labute approximate surface area is 75.2 Å². The molecule has 1 aliphatic rings. The highest BCUT2D eigenvalue weighted by atomic mass is 32.1. The molecule has 5 heteroatoms. The summed E-state index contributed by atoms with van der Waals surface area (Å²) < 4.78 is 7.78. The molecule has 0 unspecified atom stereocenters. The van der Waals surface area contributed by atoms with Gasteiger partial charge in [-0.3, -0.25) is 0 Å². The Balaban J connectivity index is 2.13. The molecule has 1 aromatic rings. The number of anilines is 1. The summed E-state index contributed by atoms with van der Waals surface area (Å²) in [4.78, 5) is 2.10. The lowest BCUT2D eigenvalue weighted by Gasteiger charge is -2.25. The van der Waals surface area contributed by atoms with E-state index in [0.29, 0.717) is 5.82 Å². The summed E-state index contributed by atoms with van der Waals surface area (Å²) in [5.74, 6) is 0.751. The summed E-state index contributed by atoms with van der Waals surface area (Å²) in [6.45, 7) is 2.00. The van der Waals surface area contributed by atoms with Crippen LogP contribution in [-0.2, 0) is 0 Å². The summed E-state index contributed by atoms with van der Waals surface area (Å²) in [7, 11) is 0. The molecule has 0 aliphatic carbocycles. The van der Waals surface area contributed by atoms with Crippen LogP contribution >= 0.6 is 11.7 Å². The molecule has 4 nitrogen and oxygen atoms in total. The Morgan fingerprint density at radius 1 is 1.17 bits per heavy atom. The number of aromatic hydroxyl groups is 1. The lowest BCUT2D eigenvalue weighted by atomic mass is 10.1. The van der Waals surface area contributed by atoms with Crippen LogP contribution in [0, 0.1) is 0 Å². The summed E-state index contributed by atoms with van der Waals surface area (Å²) in [5.41, 5.74) is 0. The van der Waals surface area contributed by atoms with Gasteiger partial charge < -0.3 is 10.0 Å². The van der Waals surface area contributed by atoms with Gasteiger partial charge in [0, 0.05) is 13.1 Å². The Morgan fingerprint density at radius 3 is 2.50 bits per heavy atom. The predicted molar refractivity (Wildman–Crippen MR) is 47.6 cm³/mol. The van der Waals surface area contributed by atoms with Crippen molar-refractivity contribution in [3.63, 3.8) is 0 Å². The summed E-state index contributed by atoms with van der Waals surface area (Å²) in [5, 5.41) is 9.30. The molecule has 1 fully saturated rings. The summed E-state index contributed by atoms with van der Waals surface area (Å²) >= 11 is 1.07. The largest absolute Gasteiger partial charge is 0.490 e. The molecule has 0 amide bonds.